The van der Waals surface area contributed by atoms with Crippen LogP contribution in [0.4, 0.5) is 0 Å². The maximum absolute atomic E-state index is 12.7. The highest BCUT2D eigenvalue weighted by Gasteiger charge is 2.27. The summed E-state index contributed by atoms with van der Waals surface area (Å²) in [7, 11) is 0. The number of ether oxygens (including phenoxy) is 1. The molecule has 0 saturated heterocycles. The van der Waals surface area contributed by atoms with E-state index in [1.165, 1.54) is 0 Å². The molecule has 2 aliphatic rings. The average Bonchev–Trinajstić information content (AvgIpc) is 3.34. The largest absolute Gasteiger partial charge is 0.493 e. The third-order valence-electron chi connectivity index (χ3n) is 5.76. The number of aromatic nitrogens is 2. The predicted molar refractivity (Wildman–Crippen MR) is 104 cm³/mol. The van der Waals surface area contributed by atoms with Gasteiger partial charge in [0.1, 0.15) is 11.6 Å². The first-order valence-electron chi connectivity index (χ1n) is 9.77. The molecule has 0 unspecified atom stereocenters. The molecule has 2 heterocycles. The molecule has 5 heteroatoms. The lowest BCUT2D eigenvalue weighted by Crippen LogP contribution is -2.38. The minimum absolute atomic E-state index is 0.0138. The van der Waals surface area contributed by atoms with E-state index in [-0.39, 0.29) is 11.9 Å². The Hall–Kier alpha value is -2.82. The van der Waals surface area contributed by atoms with Crippen molar-refractivity contribution in [2.75, 3.05) is 6.61 Å². The molecule has 0 spiro atoms. The summed E-state index contributed by atoms with van der Waals surface area (Å²) in [5, 5.41) is 3.24. The number of amides is 1. The highest BCUT2D eigenvalue weighted by atomic mass is 16.5. The Kier molecular flexibility index (Phi) is 4.07. The van der Waals surface area contributed by atoms with Crippen LogP contribution in [0.2, 0.25) is 0 Å². The lowest BCUT2D eigenvalue weighted by atomic mass is 9.85. The van der Waals surface area contributed by atoms with Crippen molar-refractivity contribution in [1.29, 1.82) is 0 Å². The van der Waals surface area contributed by atoms with Crippen molar-refractivity contribution in [3.05, 3.63) is 59.4 Å². The number of imidazole rings is 1. The lowest BCUT2D eigenvalue weighted by molar-refractivity contribution is 0.0924. The van der Waals surface area contributed by atoms with Crippen LogP contribution in [0.15, 0.2) is 42.5 Å². The Morgan fingerprint density at radius 3 is 3.04 bits per heavy atom. The Bertz CT molecular complexity index is 961. The van der Waals surface area contributed by atoms with Gasteiger partial charge in [0, 0.05) is 23.9 Å². The van der Waals surface area contributed by atoms with Gasteiger partial charge in [-0.3, -0.25) is 4.79 Å². The smallest absolute Gasteiger partial charge is 0.251 e. The van der Waals surface area contributed by atoms with E-state index >= 15 is 0 Å². The molecule has 1 saturated carbocycles. The number of hydrogen-bond acceptors (Lipinski definition) is 3. The molecular weight excluding hydrogens is 338 g/mol. The summed E-state index contributed by atoms with van der Waals surface area (Å²) in [4.78, 5) is 20.9. The molecule has 27 heavy (non-hydrogen) atoms. The van der Waals surface area contributed by atoms with Gasteiger partial charge in [0.25, 0.3) is 5.91 Å². The van der Waals surface area contributed by atoms with Gasteiger partial charge in [-0.05, 0) is 55.2 Å². The fourth-order valence-corrected chi connectivity index (χ4v) is 4.33. The molecular formula is C22H23N3O2. The van der Waals surface area contributed by atoms with E-state index in [0.29, 0.717) is 12.5 Å². The van der Waals surface area contributed by atoms with Crippen molar-refractivity contribution in [1.82, 2.24) is 15.3 Å². The predicted octanol–water partition coefficient (Wildman–Crippen LogP) is 3.95. The fraction of sp³-hybridized carbons (Fsp3) is 0.364. The van der Waals surface area contributed by atoms with Gasteiger partial charge >= 0.3 is 0 Å². The van der Waals surface area contributed by atoms with Crippen LogP contribution < -0.4 is 10.1 Å². The highest BCUT2D eigenvalue weighted by Crippen LogP contribution is 2.33. The molecule has 5 nitrogen and oxygen atoms in total. The number of hydrogen-bond donors (Lipinski definition) is 2. The molecule has 3 aromatic rings. The maximum atomic E-state index is 12.7. The van der Waals surface area contributed by atoms with Crippen LogP contribution >= 0.6 is 0 Å². The Morgan fingerprint density at radius 2 is 2.11 bits per heavy atom. The van der Waals surface area contributed by atoms with Gasteiger partial charge in [0.05, 0.1) is 17.6 Å². The van der Waals surface area contributed by atoms with Gasteiger partial charge in [-0.2, -0.15) is 0 Å². The molecule has 1 aromatic heterocycles. The number of carbonyl (C=O) groups is 1. The number of carbonyl (C=O) groups excluding carboxylic acids is 1. The van der Waals surface area contributed by atoms with Crippen LogP contribution in [-0.4, -0.2) is 28.5 Å². The van der Waals surface area contributed by atoms with Crippen LogP contribution in [0.25, 0.3) is 11.0 Å². The summed E-state index contributed by atoms with van der Waals surface area (Å²) in [6, 6.07) is 14.1. The van der Waals surface area contributed by atoms with E-state index in [2.05, 4.69) is 16.4 Å². The number of benzene rings is 2. The Labute approximate surface area is 158 Å². The van der Waals surface area contributed by atoms with Crippen LogP contribution in [0.5, 0.6) is 5.75 Å². The molecule has 2 N–H and O–H groups in total. The second-order valence-electron chi connectivity index (χ2n) is 7.59. The summed E-state index contributed by atoms with van der Waals surface area (Å²) in [5.74, 6) is 2.34. The fourth-order valence-electron chi connectivity index (χ4n) is 4.33. The molecule has 1 amide bonds. The van der Waals surface area contributed by atoms with Crippen molar-refractivity contribution < 1.29 is 9.53 Å². The van der Waals surface area contributed by atoms with E-state index in [9.17, 15) is 4.79 Å². The zero-order chi connectivity index (χ0) is 18.2. The van der Waals surface area contributed by atoms with E-state index < -0.39 is 0 Å². The summed E-state index contributed by atoms with van der Waals surface area (Å²) < 4.78 is 5.53. The van der Waals surface area contributed by atoms with Crippen LogP contribution in [-0.2, 0) is 6.42 Å². The van der Waals surface area contributed by atoms with Gasteiger partial charge in [0.15, 0.2) is 0 Å². The standard InChI is InChI=1S/C22H23N3O2/c26-22(16-8-9-20-14(12-16)10-11-27-20)23-17-5-3-4-15(13-17)21-24-18-6-1-2-7-19(18)25-21/h1-2,6-9,12,15,17H,3-5,10-11,13H2,(H,23,26)(H,24,25)/t15-,17+/m0/s1. The van der Waals surface area contributed by atoms with Gasteiger partial charge in [-0.25, -0.2) is 4.98 Å². The molecule has 0 radical (unpaired) electrons. The molecule has 1 aliphatic carbocycles. The average molecular weight is 361 g/mol. The molecule has 5 rings (SSSR count). The first-order chi connectivity index (χ1) is 13.3. The zero-order valence-corrected chi connectivity index (χ0v) is 15.2. The number of nitrogens with zero attached hydrogens (tertiary/aromatic N) is 1. The van der Waals surface area contributed by atoms with Crippen molar-refractivity contribution in [3.8, 4) is 5.75 Å². The summed E-state index contributed by atoms with van der Waals surface area (Å²) in [6.45, 7) is 0.711. The topological polar surface area (TPSA) is 67.0 Å². The van der Waals surface area contributed by atoms with E-state index in [4.69, 9.17) is 9.72 Å². The Morgan fingerprint density at radius 1 is 1.19 bits per heavy atom. The molecule has 2 aromatic carbocycles. The molecule has 138 valence electrons. The number of fused-ring (bicyclic) bond motifs is 2. The number of H-pyrrole nitrogens is 1. The van der Waals surface area contributed by atoms with Gasteiger partial charge < -0.3 is 15.0 Å². The number of aromatic amines is 1. The van der Waals surface area contributed by atoms with E-state index in [0.717, 1.165) is 65.8 Å². The molecule has 2 atom stereocenters. The molecule has 1 fully saturated rings. The molecule has 0 bridgehead atoms. The highest BCUT2D eigenvalue weighted by molar-refractivity contribution is 5.94. The summed E-state index contributed by atoms with van der Waals surface area (Å²) >= 11 is 0. The van der Waals surface area contributed by atoms with Crippen LogP contribution in [0.1, 0.15) is 53.3 Å². The first-order valence-corrected chi connectivity index (χ1v) is 9.77. The number of nitrogens with one attached hydrogen (secondary N) is 2. The molecule has 1 aliphatic heterocycles. The second-order valence-corrected chi connectivity index (χ2v) is 7.59. The van der Waals surface area contributed by atoms with Gasteiger partial charge in [-0.1, -0.05) is 18.6 Å². The second kappa shape index (κ2) is 6.72. The quantitative estimate of drug-likeness (QED) is 0.742. The van der Waals surface area contributed by atoms with Crippen molar-refractivity contribution in [2.24, 2.45) is 0 Å². The third-order valence-corrected chi connectivity index (χ3v) is 5.76. The van der Waals surface area contributed by atoms with Crippen molar-refractivity contribution >= 4 is 16.9 Å². The van der Waals surface area contributed by atoms with Gasteiger partial charge in [-0.15, -0.1) is 0 Å². The number of para-hydroxylation sites is 2. The Balaban J connectivity index is 1.28. The van der Waals surface area contributed by atoms with Crippen LogP contribution in [0.3, 0.4) is 0 Å². The minimum Gasteiger partial charge on any atom is -0.493 e. The normalized spacial score (nSPS) is 21.6. The van der Waals surface area contributed by atoms with Crippen LogP contribution in [0, 0.1) is 0 Å². The summed E-state index contributed by atoms with van der Waals surface area (Å²) in [5.41, 5.74) is 3.95. The maximum Gasteiger partial charge on any atom is 0.251 e. The summed E-state index contributed by atoms with van der Waals surface area (Å²) in [6.07, 6.45) is 5.05. The van der Waals surface area contributed by atoms with Crippen molar-refractivity contribution in [3.63, 3.8) is 0 Å². The van der Waals surface area contributed by atoms with E-state index in [1.807, 2.05) is 36.4 Å². The number of rotatable bonds is 3. The first kappa shape index (κ1) is 16.4. The van der Waals surface area contributed by atoms with Crippen molar-refractivity contribution in [2.45, 2.75) is 44.1 Å². The third kappa shape index (κ3) is 3.18. The van der Waals surface area contributed by atoms with Gasteiger partial charge in [0.2, 0.25) is 0 Å². The lowest BCUT2D eigenvalue weighted by Gasteiger charge is -2.28. The minimum atomic E-state index is 0.0138. The SMILES string of the molecule is O=C(N[C@@H]1CCC[C@H](c2nc3ccccc3[nH]2)C1)c1ccc2c(c1)CCO2. The monoisotopic (exact) mass is 361 g/mol. The van der Waals surface area contributed by atoms with E-state index in [1.54, 1.807) is 0 Å². The zero-order valence-electron chi connectivity index (χ0n) is 15.2.